The fraction of sp³-hybridized carbons (Fsp3) is 0.333. The Labute approximate surface area is 94.7 Å². The van der Waals surface area contributed by atoms with Crippen molar-refractivity contribution in [2.24, 2.45) is 5.73 Å². The minimum Gasteiger partial charge on any atom is -0.330 e. The van der Waals surface area contributed by atoms with Gasteiger partial charge in [0.25, 0.3) is 0 Å². The molecule has 82 valence electrons. The Bertz CT molecular complexity index is 361. The molecule has 0 fully saturated rings. The Balaban J connectivity index is 2.72. The normalized spacial score (nSPS) is 11.9. The van der Waals surface area contributed by atoms with Crippen molar-refractivity contribution in [3.8, 4) is 0 Å². The Hall–Kier alpha value is -0.860. The van der Waals surface area contributed by atoms with Gasteiger partial charge in [0.15, 0.2) is 0 Å². The van der Waals surface area contributed by atoms with Crippen LogP contribution in [0.15, 0.2) is 29.8 Å². The molecule has 0 aliphatic rings. The topological polar surface area (TPSA) is 26.0 Å². The molecule has 0 saturated heterocycles. The molecule has 0 aromatic heterocycles. The number of hydrogen-bond donors (Lipinski definition) is 1. The van der Waals surface area contributed by atoms with Gasteiger partial charge in [-0.05, 0) is 44.0 Å². The molecule has 0 aliphatic heterocycles. The Morgan fingerprint density at radius 1 is 1.53 bits per heavy atom. The predicted molar refractivity (Wildman–Crippen MR) is 62.5 cm³/mol. The van der Waals surface area contributed by atoms with Gasteiger partial charge in [-0.2, -0.15) is 0 Å². The summed E-state index contributed by atoms with van der Waals surface area (Å²) >= 11 is 5.67. The molecular formula is C12H15ClFN. The molecule has 0 saturated carbocycles. The molecule has 0 unspecified atom stereocenters. The molecule has 15 heavy (non-hydrogen) atoms. The molecule has 3 heteroatoms. The molecular weight excluding hydrogens is 213 g/mol. The van der Waals surface area contributed by atoms with Crippen molar-refractivity contribution in [1.29, 1.82) is 0 Å². The number of halogens is 2. The fourth-order valence-corrected chi connectivity index (χ4v) is 1.53. The van der Waals surface area contributed by atoms with Crippen molar-refractivity contribution in [3.05, 3.63) is 46.3 Å². The highest BCUT2D eigenvalue weighted by atomic mass is 35.5. The second-order valence-electron chi connectivity index (χ2n) is 3.54. The summed E-state index contributed by atoms with van der Waals surface area (Å²) in [6, 6.07) is 4.76. The third-order valence-electron chi connectivity index (χ3n) is 2.14. The van der Waals surface area contributed by atoms with Gasteiger partial charge >= 0.3 is 0 Å². The molecule has 1 nitrogen and oxygen atoms in total. The van der Waals surface area contributed by atoms with Crippen molar-refractivity contribution in [3.63, 3.8) is 0 Å². The molecule has 1 aromatic rings. The maximum Gasteiger partial charge on any atom is 0.128 e. The third-order valence-corrected chi connectivity index (χ3v) is 2.38. The summed E-state index contributed by atoms with van der Waals surface area (Å²) < 4.78 is 13.4. The molecule has 2 N–H and O–H groups in total. The summed E-state index contributed by atoms with van der Waals surface area (Å²) in [6.45, 7) is 2.60. The summed E-state index contributed by atoms with van der Waals surface area (Å²) in [4.78, 5) is 0. The smallest absolute Gasteiger partial charge is 0.128 e. The first kappa shape index (κ1) is 12.2. The molecule has 0 bridgehead atoms. The highest BCUT2D eigenvalue weighted by Gasteiger charge is 2.03. The summed E-state index contributed by atoms with van der Waals surface area (Å²) in [5, 5.41) is 0.430. The minimum atomic E-state index is -0.247. The van der Waals surface area contributed by atoms with E-state index in [-0.39, 0.29) is 5.82 Å². The molecule has 0 amide bonds. The van der Waals surface area contributed by atoms with E-state index in [1.165, 1.54) is 6.07 Å². The zero-order valence-electron chi connectivity index (χ0n) is 8.76. The number of hydrogen-bond acceptors (Lipinski definition) is 1. The first-order valence-electron chi connectivity index (χ1n) is 4.93. The van der Waals surface area contributed by atoms with Crippen molar-refractivity contribution < 1.29 is 4.39 Å². The molecule has 0 radical (unpaired) electrons. The van der Waals surface area contributed by atoms with Gasteiger partial charge in [-0.25, -0.2) is 4.39 Å². The standard InChI is InChI=1S/C12H15ClFN/c1-9(3-2-6-15)7-10-4-5-11(13)8-12(10)14/h3-5,8H,2,6-7,15H2,1H3/b9-3-. The molecule has 0 heterocycles. The van der Waals surface area contributed by atoms with Crippen molar-refractivity contribution in [2.45, 2.75) is 19.8 Å². The lowest BCUT2D eigenvalue weighted by molar-refractivity contribution is 0.613. The number of nitrogens with two attached hydrogens (primary N) is 1. The number of benzene rings is 1. The van der Waals surface area contributed by atoms with Gasteiger partial charge in [0.2, 0.25) is 0 Å². The average molecular weight is 228 g/mol. The predicted octanol–water partition coefficient (Wildman–Crippen LogP) is 3.32. The number of allylic oxidation sites excluding steroid dienone is 1. The monoisotopic (exact) mass is 227 g/mol. The molecule has 0 aliphatic carbocycles. The second-order valence-corrected chi connectivity index (χ2v) is 3.98. The zero-order chi connectivity index (χ0) is 11.3. The Morgan fingerprint density at radius 3 is 2.87 bits per heavy atom. The lowest BCUT2D eigenvalue weighted by Crippen LogP contribution is -1.97. The van der Waals surface area contributed by atoms with E-state index < -0.39 is 0 Å². The largest absolute Gasteiger partial charge is 0.330 e. The van der Waals surface area contributed by atoms with Crippen LogP contribution in [-0.4, -0.2) is 6.54 Å². The van der Waals surface area contributed by atoms with E-state index >= 15 is 0 Å². The van der Waals surface area contributed by atoms with E-state index in [0.717, 1.165) is 12.0 Å². The highest BCUT2D eigenvalue weighted by molar-refractivity contribution is 6.30. The van der Waals surface area contributed by atoms with Crippen LogP contribution in [-0.2, 0) is 6.42 Å². The van der Waals surface area contributed by atoms with Crippen LogP contribution in [0.4, 0.5) is 4.39 Å². The van der Waals surface area contributed by atoms with E-state index in [1.54, 1.807) is 12.1 Å². The quantitative estimate of drug-likeness (QED) is 0.785. The minimum absolute atomic E-state index is 0.247. The highest BCUT2D eigenvalue weighted by Crippen LogP contribution is 2.17. The molecule has 1 rings (SSSR count). The van der Waals surface area contributed by atoms with Crippen LogP contribution < -0.4 is 5.73 Å². The van der Waals surface area contributed by atoms with E-state index in [0.29, 0.717) is 23.6 Å². The van der Waals surface area contributed by atoms with Gasteiger partial charge in [0.1, 0.15) is 5.82 Å². The van der Waals surface area contributed by atoms with E-state index in [9.17, 15) is 4.39 Å². The van der Waals surface area contributed by atoms with Crippen LogP contribution >= 0.6 is 11.6 Å². The Morgan fingerprint density at radius 2 is 2.27 bits per heavy atom. The van der Waals surface area contributed by atoms with Crippen LogP contribution in [0.2, 0.25) is 5.02 Å². The first-order valence-corrected chi connectivity index (χ1v) is 5.31. The van der Waals surface area contributed by atoms with E-state index in [1.807, 2.05) is 13.0 Å². The van der Waals surface area contributed by atoms with Gasteiger partial charge in [0.05, 0.1) is 0 Å². The van der Waals surface area contributed by atoms with Gasteiger partial charge < -0.3 is 5.73 Å². The molecule has 0 spiro atoms. The Kier molecular flexibility index (Phi) is 4.79. The van der Waals surface area contributed by atoms with Gasteiger partial charge in [-0.1, -0.05) is 29.3 Å². The second kappa shape index (κ2) is 5.89. The SMILES string of the molecule is C/C(=C/CCN)Cc1ccc(Cl)cc1F. The summed E-state index contributed by atoms with van der Waals surface area (Å²) in [5.74, 6) is -0.247. The van der Waals surface area contributed by atoms with Gasteiger partial charge in [0, 0.05) is 5.02 Å². The summed E-state index contributed by atoms with van der Waals surface area (Å²) in [6.07, 6.45) is 3.48. The summed E-state index contributed by atoms with van der Waals surface area (Å²) in [7, 11) is 0. The third kappa shape index (κ3) is 4.02. The maximum absolute atomic E-state index is 13.4. The van der Waals surface area contributed by atoms with E-state index in [4.69, 9.17) is 17.3 Å². The van der Waals surface area contributed by atoms with E-state index in [2.05, 4.69) is 0 Å². The van der Waals surface area contributed by atoms with Crippen molar-refractivity contribution >= 4 is 11.6 Å². The average Bonchev–Trinajstić information content (AvgIpc) is 2.19. The lowest BCUT2D eigenvalue weighted by Gasteiger charge is -2.04. The van der Waals surface area contributed by atoms with Crippen LogP contribution in [0.1, 0.15) is 18.9 Å². The maximum atomic E-state index is 13.4. The van der Waals surface area contributed by atoms with Crippen LogP contribution in [0, 0.1) is 5.82 Å². The van der Waals surface area contributed by atoms with Gasteiger partial charge in [-0.3, -0.25) is 0 Å². The lowest BCUT2D eigenvalue weighted by atomic mass is 10.1. The van der Waals surface area contributed by atoms with Crippen LogP contribution in [0.5, 0.6) is 0 Å². The fourth-order valence-electron chi connectivity index (χ4n) is 1.37. The summed E-state index contributed by atoms with van der Waals surface area (Å²) in [5.41, 5.74) is 7.18. The van der Waals surface area contributed by atoms with Crippen molar-refractivity contribution in [2.75, 3.05) is 6.54 Å². The molecule has 1 aromatic carbocycles. The van der Waals surface area contributed by atoms with Crippen LogP contribution in [0.3, 0.4) is 0 Å². The van der Waals surface area contributed by atoms with Gasteiger partial charge in [-0.15, -0.1) is 0 Å². The van der Waals surface area contributed by atoms with Crippen molar-refractivity contribution in [1.82, 2.24) is 0 Å². The zero-order valence-corrected chi connectivity index (χ0v) is 9.52. The van der Waals surface area contributed by atoms with Crippen LogP contribution in [0.25, 0.3) is 0 Å². The first-order chi connectivity index (χ1) is 7.13. The number of rotatable bonds is 4. The molecule has 0 atom stereocenters.